The fraction of sp³-hybridized carbons (Fsp3) is 0.0909. The molecule has 6 nitrogen and oxygen atoms in total. The molecule has 31 heavy (non-hydrogen) atoms. The van der Waals surface area contributed by atoms with Gasteiger partial charge >= 0.3 is 0 Å². The van der Waals surface area contributed by atoms with Crippen molar-refractivity contribution in [3.63, 3.8) is 0 Å². The Morgan fingerprint density at radius 3 is 2.39 bits per heavy atom. The minimum absolute atomic E-state index is 0.00454. The lowest BCUT2D eigenvalue weighted by atomic mass is 10.2. The molecule has 1 heterocycles. The van der Waals surface area contributed by atoms with Gasteiger partial charge in [0, 0.05) is 17.4 Å². The Hall–Kier alpha value is -3.59. The van der Waals surface area contributed by atoms with Crippen LogP contribution in [0.2, 0.25) is 0 Å². The molecule has 3 aromatic carbocycles. The van der Waals surface area contributed by atoms with Gasteiger partial charge in [0.05, 0.1) is 17.0 Å². The van der Waals surface area contributed by atoms with Gasteiger partial charge in [0.2, 0.25) is 0 Å². The summed E-state index contributed by atoms with van der Waals surface area (Å²) in [6.07, 6.45) is 0. The lowest BCUT2D eigenvalue weighted by molar-refractivity contribution is -0.385. The first kappa shape index (κ1) is 20.7. The van der Waals surface area contributed by atoms with Crippen LogP contribution in [0.25, 0.3) is 11.4 Å². The number of nitrogens with zero attached hydrogens (tertiary/aromatic N) is 4. The van der Waals surface area contributed by atoms with E-state index >= 15 is 0 Å². The molecule has 0 aliphatic rings. The molecule has 1 aromatic heterocycles. The summed E-state index contributed by atoms with van der Waals surface area (Å²) in [5.41, 5.74) is 1.38. The van der Waals surface area contributed by atoms with Gasteiger partial charge in [-0.3, -0.25) is 14.7 Å². The van der Waals surface area contributed by atoms with Crippen molar-refractivity contribution in [3.05, 3.63) is 106 Å². The van der Waals surface area contributed by atoms with E-state index in [4.69, 9.17) is 0 Å². The monoisotopic (exact) mass is 438 g/mol. The van der Waals surface area contributed by atoms with Crippen LogP contribution in [-0.2, 0) is 12.3 Å². The van der Waals surface area contributed by atoms with Crippen molar-refractivity contribution in [2.75, 3.05) is 0 Å². The molecule has 0 fully saturated rings. The number of nitro groups is 1. The summed E-state index contributed by atoms with van der Waals surface area (Å²) < 4.78 is 29.5. The van der Waals surface area contributed by atoms with Crippen LogP contribution in [0.4, 0.5) is 14.5 Å². The molecule has 4 rings (SSSR count). The SMILES string of the molecule is O=[N+]([O-])c1cccc(F)c1CSc1nnc(-c2ccc(F)cc2)n1Cc1ccccc1. The number of aromatic nitrogens is 3. The number of halogens is 2. The molecule has 0 aliphatic carbocycles. The molecule has 0 radical (unpaired) electrons. The molecule has 0 N–H and O–H groups in total. The van der Waals surface area contributed by atoms with Gasteiger partial charge in [-0.2, -0.15) is 0 Å². The third-order valence-corrected chi connectivity index (χ3v) is 5.63. The van der Waals surface area contributed by atoms with E-state index < -0.39 is 10.7 Å². The molecular formula is C22H16F2N4O2S. The Kier molecular flexibility index (Phi) is 6.03. The molecule has 0 bridgehead atoms. The number of nitro benzene ring substituents is 1. The van der Waals surface area contributed by atoms with Gasteiger partial charge < -0.3 is 0 Å². The number of hydrogen-bond acceptors (Lipinski definition) is 5. The number of benzene rings is 3. The second-order valence-electron chi connectivity index (χ2n) is 6.67. The highest BCUT2D eigenvalue weighted by Crippen LogP contribution is 2.31. The van der Waals surface area contributed by atoms with Crippen LogP contribution in [0.5, 0.6) is 0 Å². The van der Waals surface area contributed by atoms with E-state index in [1.54, 1.807) is 12.1 Å². The smallest absolute Gasteiger partial charge is 0.276 e. The van der Waals surface area contributed by atoms with Gasteiger partial charge in [0.1, 0.15) is 11.6 Å². The fourth-order valence-electron chi connectivity index (χ4n) is 3.11. The molecule has 0 amide bonds. The fourth-order valence-corrected chi connectivity index (χ4v) is 4.08. The van der Waals surface area contributed by atoms with Crippen LogP contribution in [0.3, 0.4) is 0 Å². The summed E-state index contributed by atoms with van der Waals surface area (Å²) in [5.74, 6) is -0.470. The maximum absolute atomic E-state index is 14.3. The van der Waals surface area contributed by atoms with Crippen molar-refractivity contribution < 1.29 is 13.7 Å². The van der Waals surface area contributed by atoms with Crippen molar-refractivity contribution in [1.82, 2.24) is 14.8 Å². The van der Waals surface area contributed by atoms with Gasteiger partial charge in [-0.05, 0) is 35.9 Å². The van der Waals surface area contributed by atoms with Crippen LogP contribution in [-0.4, -0.2) is 19.7 Å². The zero-order chi connectivity index (χ0) is 21.8. The molecular weight excluding hydrogens is 422 g/mol. The Labute approximate surface area is 180 Å². The van der Waals surface area contributed by atoms with Gasteiger partial charge in [-0.15, -0.1) is 10.2 Å². The largest absolute Gasteiger partial charge is 0.298 e. The average Bonchev–Trinajstić information content (AvgIpc) is 3.16. The number of hydrogen-bond donors (Lipinski definition) is 0. The molecule has 9 heteroatoms. The predicted octanol–water partition coefficient (Wildman–Crippen LogP) is 5.47. The highest BCUT2D eigenvalue weighted by atomic mass is 32.2. The Morgan fingerprint density at radius 1 is 0.935 bits per heavy atom. The first-order chi connectivity index (χ1) is 15.0. The summed E-state index contributed by atoms with van der Waals surface area (Å²) in [5, 5.41) is 20.2. The molecule has 4 aromatic rings. The summed E-state index contributed by atoms with van der Waals surface area (Å²) in [4.78, 5) is 10.7. The first-order valence-corrected chi connectivity index (χ1v) is 10.3. The maximum atomic E-state index is 14.3. The summed E-state index contributed by atoms with van der Waals surface area (Å²) in [6, 6.07) is 19.3. The highest BCUT2D eigenvalue weighted by molar-refractivity contribution is 7.98. The van der Waals surface area contributed by atoms with Crippen LogP contribution in [0.1, 0.15) is 11.1 Å². The summed E-state index contributed by atoms with van der Waals surface area (Å²) >= 11 is 1.15. The molecule has 0 atom stereocenters. The van der Waals surface area contributed by atoms with Crippen molar-refractivity contribution in [3.8, 4) is 11.4 Å². The second-order valence-corrected chi connectivity index (χ2v) is 7.61. The third kappa shape index (κ3) is 4.61. The lowest BCUT2D eigenvalue weighted by Gasteiger charge is -2.11. The molecule has 0 aliphatic heterocycles. The van der Waals surface area contributed by atoms with Gasteiger partial charge in [0.15, 0.2) is 11.0 Å². The topological polar surface area (TPSA) is 73.8 Å². The Balaban J connectivity index is 1.69. The molecule has 156 valence electrons. The first-order valence-electron chi connectivity index (χ1n) is 9.30. The summed E-state index contributed by atoms with van der Waals surface area (Å²) in [7, 11) is 0. The minimum atomic E-state index is -0.644. The number of thioether (sulfide) groups is 1. The van der Waals surface area contributed by atoms with Crippen molar-refractivity contribution >= 4 is 17.4 Å². The van der Waals surface area contributed by atoms with Crippen LogP contribution < -0.4 is 0 Å². The van der Waals surface area contributed by atoms with E-state index in [9.17, 15) is 18.9 Å². The normalized spacial score (nSPS) is 10.9. The zero-order valence-corrected chi connectivity index (χ0v) is 16.9. The average molecular weight is 438 g/mol. The lowest BCUT2D eigenvalue weighted by Crippen LogP contribution is -2.05. The number of rotatable bonds is 7. The highest BCUT2D eigenvalue weighted by Gasteiger charge is 2.21. The van der Waals surface area contributed by atoms with Crippen molar-refractivity contribution in [2.24, 2.45) is 0 Å². The second kappa shape index (κ2) is 9.05. The third-order valence-electron chi connectivity index (χ3n) is 4.64. The van der Waals surface area contributed by atoms with Crippen molar-refractivity contribution in [2.45, 2.75) is 17.5 Å². The van der Waals surface area contributed by atoms with E-state index in [0.29, 0.717) is 23.1 Å². The molecule has 0 spiro atoms. The zero-order valence-electron chi connectivity index (χ0n) is 16.1. The minimum Gasteiger partial charge on any atom is -0.298 e. The van der Waals surface area contributed by atoms with E-state index in [-0.39, 0.29) is 22.8 Å². The molecule has 0 saturated heterocycles. The van der Waals surface area contributed by atoms with Gasteiger partial charge in [-0.1, -0.05) is 48.2 Å². The maximum Gasteiger partial charge on any atom is 0.276 e. The van der Waals surface area contributed by atoms with E-state index in [2.05, 4.69) is 10.2 Å². The summed E-state index contributed by atoms with van der Waals surface area (Å²) in [6.45, 7) is 0.433. The van der Waals surface area contributed by atoms with Gasteiger partial charge in [0.25, 0.3) is 5.69 Å². The Morgan fingerprint density at radius 2 is 1.68 bits per heavy atom. The standard InChI is InChI=1S/C22H16F2N4O2S/c23-17-11-9-16(10-12-17)21-25-26-22(27(21)13-15-5-2-1-3-6-15)31-14-18-19(24)7-4-8-20(18)28(29)30/h1-12H,13-14H2. The van der Waals surface area contributed by atoms with Crippen LogP contribution in [0.15, 0.2) is 78.0 Å². The predicted molar refractivity (Wildman–Crippen MR) is 114 cm³/mol. The molecule has 0 saturated carbocycles. The van der Waals surface area contributed by atoms with E-state index in [0.717, 1.165) is 17.3 Å². The van der Waals surface area contributed by atoms with E-state index in [1.165, 1.54) is 30.3 Å². The molecule has 0 unspecified atom stereocenters. The van der Waals surface area contributed by atoms with E-state index in [1.807, 2.05) is 34.9 Å². The van der Waals surface area contributed by atoms with Crippen molar-refractivity contribution in [1.29, 1.82) is 0 Å². The van der Waals surface area contributed by atoms with Gasteiger partial charge in [-0.25, -0.2) is 8.78 Å². The van der Waals surface area contributed by atoms with Crippen LogP contribution >= 0.6 is 11.8 Å². The van der Waals surface area contributed by atoms with Crippen LogP contribution in [0, 0.1) is 21.7 Å². The Bertz CT molecular complexity index is 1210. The quantitative estimate of drug-likeness (QED) is 0.217.